The molecule has 0 aliphatic heterocycles. The maximum atomic E-state index is 12.3. The van der Waals surface area contributed by atoms with E-state index in [0.29, 0.717) is 5.56 Å². The second-order valence-electron chi connectivity index (χ2n) is 5.06. The van der Waals surface area contributed by atoms with E-state index in [1.807, 2.05) is 30.8 Å². The Morgan fingerprint density at radius 2 is 2.25 bits per heavy atom. The van der Waals surface area contributed by atoms with Gasteiger partial charge in [0.1, 0.15) is 6.61 Å². The molecule has 1 saturated carbocycles. The lowest BCUT2D eigenvalue weighted by atomic mass is 10.0. The average Bonchev–Trinajstić information content (AvgIpc) is 3.24. The Balaban J connectivity index is 2.08. The second-order valence-corrected chi connectivity index (χ2v) is 6.33. The summed E-state index contributed by atoms with van der Waals surface area (Å²) in [5.74, 6) is 5.38. The molecule has 0 unspecified atom stereocenters. The van der Waals surface area contributed by atoms with Gasteiger partial charge in [-0.1, -0.05) is 17.9 Å². The van der Waals surface area contributed by atoms with E-state index in [-0.39, 0.29) is 17.3 Å². The molecule has 0 heterocycles. The summed E-state index contributed by atoms with van der Waals surface area (Å²) in [5, 5.41) is 11.7. The number of thioether (sulfide) groups is 1. The minimum Gasteiger partial charge on any atom is -0.384 e. The molecule has 1 aromatic carbocycles. The Morgan fingerprint density at radius 1 is 1.50 bits per heavy atom. The van der Waals surface area contributed by atoms with E-state index in [0.717, 1.165) is 17.7 Å². The van der Waals surface area contributed by atoms with E-state index in [2.05, 4.69) is 23.4 Å². The number of rotatable bonds is 4. The zero-order chi connectivity index (χ0) is 14.6. The van der Waals surface area contributed by atoms with E-state index in [1.165, 1.54) is 12.8 Å². The Hall–Kier alpha value is -1.44. The van der Waals surface area contributed by atoms with Crippen molar-refractivity contribution in [1.82, 2.24) is 5.32 Å². The topological polar surface area (TPSA) is 49.3 Å². The first-order valence-electron chi connectivity index (χ1n) is 6.64. The standard InChI is InChI=1S/C16H19NO2S/c1-12-5-6-13(4-3-9-18)10-14(12)15(19)17-11-16(20-2)7-8-16/h5-6,10,18H,7-9,11H2,1-2H3,(H,17,19). The van der Waals surface area contributed by atoms with Crippen LogP contribution in [0.15, 0.2) is 18.2 Å². The van der Waals surface area contributed by atoms with E-state index >= 15 is 0 Å². The smallest absolute Gasteiger partial charge is 0.251 e. The minimum absolute atomic E-state index is 0.0459. The molecule has 1 aliphatic rings. The number of carbonyl (C=O) groups is 1. The zero-order valence-electron chi connectivity index (χ0n) is 11.8. The molecule has 2 rings (SSSR count). The van der Waals surface area contributed by atoms with Gasteiger partial charge in [-0.2, -0.15) is 11.8 Å². The number of aliphatic hydroxyl groups is 1. The number of amides is 1. The first-order chi connectivity index (χ1) is 9.60. The third kappa shape index (κ3) is 3.56. The summed E-state index contributed by atoms with van der Waals surface area (Å²) in [4.78, 5) is 12.3. The molecular formula is C16H19NO2S. The zero-order valence-corrected chi connectivity index (χ0v) is 12.6. The van der Waals surface area contributed by atoms with Crippen LogP contribution < -0.4 is 5.32 Å². The number of aryl methyl sites for hydroxylation is 1. The number of aliphatic hydroxyl groups excluding tert-OH is 1. The Kier molecular flexibility index (Phi) is 4.74. The van der Waals surface area contributed by atoms with Gasteiger partial charge in [-0.05, 0) is 43.7 Å². The lowest BCUT2D eigenvalue weighted by Crippen LogP contribution is -2.32. The van der Waals surface area contributed by atoms with Gasteiger partial charge in [0.05, 0.1) is 0 Å². The van der Waals surface area contributed by atoms with Gasteiger partial charge in [-0.25, -0.2) is 0 Å². The molecule has 0 saturated heterocycles. The first kappa shape index (κ1) is 15.0. The van der Waals surface area contributed by atoms with Gasteiger partial charge in [0, 0.05) is 22.4 Å². The van der Waals surface area contributed by atoms with Crippen molar-refractivity contribution in [2.75, 3.05) is 19.4 Å². The molecule has 0 atom stereocenters. The van der Waals surface area contributed by atoms with Crippen LogP contribution in [0.2, 0.25) is 0 Å². The van der Waals surface area contributed by atoms with Crippen LogP contribution in [0.5, 0.6) is 0 Å². The van der Waals surface area contributed by atoms with E-state index in [1.54, 1.807) is 6.07 Å². The molecule has 106 valence electrons. The van der Waals surface area contributed by atoms with Crippen LogP contribution in [-0.4, -0.2) is 35.2 Å². The molecule has 0 aromatic heterocycles. The van der Waals surface area contributed by atoms with Gasteiger partial charge in [0.15, 0.2) is 0 Å². The van der Waals surface area contributed by atoms with Crippen molar-refractivity contribution in [3.8, 4) is 11.8 Å². The largest absolute Gasteiger partial charge is 0.384 e. The fourth-order valence-corrected chi connectivity index (χ4v) is 2.74. The number of nitrogens with one attached hydrogen (secondary N) is 1. The van der Waals surface area contributed by atoms with Crippen molar-refractivity contribution in [3.05, 3.63) is 34.9 Å². The maximum absolute atomic E-state index is 12.3. The Morgan fingerprint density at radius 3 is 2.85 bits per heavy atom. The molecule has 20 heavy (non-hydrogen) atoms. The number of hydrogen-bond donors (Lipinski definition) is 2. The molecule has 1 fully saturated rings. The molecule has 4 heteroatoms. The van der Waals surface area contributed by atoms with Crippen molar-refractivity contribution in [3.63, 3.8) is 0 Å². The lowest BCUT2D eigenvalue weighted by Gasteiger charge is -2.14. The van der Waals surface area contributed by atoms with Crippen molar-refractivity contribution < 1.29 is 9.90 Å². The van der Waals surface area contributed by atoms with Crippen molar-refractivity contribution in [2.24, 2.45) is 0 Å². The summed E-state index contributed by atoms with van der Waals surface area (Å²) in [6.45, 7) is 2.46. The summed E-state index contributed by atoms with van der Waals surface area (Å²) in [7, 11) is 0. The van der Waals surface area contributed by atoms with E-state index < -0.39 is 0 Å². The van der Waals surface area contributed by atoms with Crippen molar-refractivity contribution in [2.45, 2.75) is 24.5 Å². The molecule has 2 N–H and O–H groups in total. The van der Waals surface area contributed by atoms with Crippen LogP contribution in [0, 0.1) is 18.8 Å². The summed E-state index contributed by atoms with van der Waals surface area (Å²) >= 11 is 1.83. The van der Waals surface area contributed by atoms with Gasteiger partial charge in [-0.3, -0.25) is 4.79 Å². The quantitative estimate of drug-likeness (QED) is 0.833. The second kappa shape index (κ2) is 6.34. The molecule has 0 radical (unpaired) electrons. The SMILES string of the molecule is CSC1(CNC(=O)c2cc(C#CCO)ccc2C)CC1. The van der Waals surface area contributed by atoms with Crippen molar-refractivity contribution >= 4 is 17.7 Å². The highest BCUT2D eigenvalue weighted by Crippen LogP contribution is 2.46. The maximum Gasteiger partial charge on any atom is 0.251 e. The van der Waals surface area contributed by atoms with Gasteiger partial charge < -0.3 is 10.4 Å². The summed E-state index contributed by atoms with van der Waals surface area (Å²) in [5.41, 5.74) is 2.35. The molecule has 1 amide bonds. The van der Waals surface area contributed by atoms with Crippen LogP contribution in [-0.2, 0) is 0 Å². The molecule has 0 bridgehead atoms. The van der Waals surface area contributed by atoms with Crippen LogP contribution >= 0.6 is 11.8 Å². The van der Waals surface area contributed by atoms with Gasteiger partial charge >= 0.3 is 0 Å². The van der Waals surface area contributed by atoms with Crippen LogP contribution in [0.3, 0.4) is 0 Å². The predicted octanol–water partition coefficient (Wildman–Crippen LogP) is 1.96. The number of carbonyl (C=O) groups excluding carboxylic acids is 1. The predicted molar refractivity (Wildman–Crippen MR) is 83.0 cm³/mol. The highest BCUT2D eigenvalue weighted by atomic mass is 32.2. The van der Waals surface area contributed by atoms with Crippen LogP contribution in [0.4, 0.5) is 0 Å². The highest BCUT2D eigenvalue weighted by Gasteiger charge is 2.41. The normalized spacial score (nSPS) is 15.2. The summed E-state index contributed by atoms with van der Waals surface area (Å²) in [6.07, 6.45) is 4.44. The van der Waals surface area contributed by atoms with Crippen molar-refractivity contribution in [1.29, 1.82) is 0 Å². The van der Waals surface area contributed by atoms with Crippen LogP contribution in [0.1, 0.15) is 34.3 Å². The average molecular weight is 289 g/mol. The fourth-order valence-electron chi connectivity index (χ4n) is 2.02. The lowest BCUT2D eigenvalue weighted by molar-refractivity contribution is 0.0952. The molecule has 1 aromatic rings. The van der Waals surface area contributed by atoms with E-state index in [9.17, 15) is 4.79 Å². The van der Waals surface area contributed by atoms with E-state index in [4.69, 9.17) is 5.11 Å². The fraction of sp³-hybridized carbons (Fsp3) is 0.438. The number of benzene rings is 1. The van der Waals surface area contributed by atoms with Gasteiger partial charge in [0.25, 0.3) is 5.91 Å². The first-order valence-corrected chi connectivity index (χ1v) is 7.86. The molecule has 0 spiro atoms. The highest BCUT2D eigenvalue weighted by molar-refractivity contribution is 8.00. The molecular weight excluding hydrogens is 270 g/mol. The van der Waals surface area contributed by atoms with Gasteiger partial charge in [0.2, 0.25) is 0 Å². The Bertz CT molecular complexity index is 568. The van der Waals surface area contributed by atoms with Gasteiger partial charge in [-0.15, -0.1) is 0 Å². The third-order valence-electron chi connectivity index (χ3n) is 3.61. The van der Waals surface area contributed by atoms with Crippen LogP contribution in [0.25, 0.3) is 0 Å². The minimum atomic E-state index is -0.175. The Labute approximate surface area is 124 Å². The number of hydrogen-bond acceptors (Lipinski definition) is 3. The third-order valence-corrected chi connectivity index (χ3v) is 5.02. The molecule has 3 nitrogen and oxygen atoms in total. The molecule has 1 aliphatic carbocycles. The monoisotopic (exact) mass is 289 g/mol. The summed E-state index contributed by atoms with van der Waals surface area (Å²) in [6, 6.07) is 5.53. The summed E-state index contributed by atoms with van der Waals surface area (Å²) < 4.78 is 0.262.